The maximum absolute atomic E-state index is 3.73. The van der Waals surface area contributed by atoms with Gasteiger partial charge in [-0.3, -0.25) is 6.08 Å². The molecule has 1 saturated heterocycles. The number of hydrogen-bond acceptors (Lipinski definition) is 2. The third-order valence-electron chi connectivity index (χ3n) is 3.19. The second kappa shape index (κ2) is 6.63. The quantitative estimate of drug-likeness (QED) is 0.345. The first-order valence-electron chi connectivity index (χ1n) is 5.23. The summed E-state index contributed by atoms with van der Waals surface area (Å²) >= 11 is 7.54. The fourth-order valence-corrected chi connectivity index (χ4v) is 5.48. The minimum atomic E-state index is 0. The maximum atomic E-state index is 3.73. The van der Waals surface area contributed by atoms with E-state index in [-0.39, 0.29) is 51.0 Å². The molecule has 19 heavy (non-hydrogen) atoms. The molecule has 4 aliphatic rings. The zero-order valence-electron chi connectivity index (χ0n) is 9.89. The Morgan fingerprint density at radius 3 is 2.68 bits per heavy atom. The van der Waals surface area contributed by atoms with Gasteiger partial charge in [0.1, 0.15) is 0 Å². The maximum Gasteiger partial charge on any atom is 3.00 e. The van der Waals surface area contributed by atoms with Gasteiger partial charge in [-0.25, -0.2) is 11.8 Å². The van der Waals surface area contributed by atoms with Crippen LogP contribution in [0.5, 0.6) is 0 Å². The van der Waals surface area contributed by atoms with Crippen LogP contribution in [-0.4, -0.2) is 5.25 Å². The fraction of sp³-hybridized carbons (Fsp3) is 0.231. The molecule has 1 atom stereocenters. The predicted octanol–water partition coefficient (Wildman–Crippen LogP) is -1.31. The first kappa shape index (κ1) is 18.4. The Morgan fingerprint density at radius 2 is 2.11 bits per heavy atom. The van der Waals surface area contributed by atoms with Gasteiger partial charge in [-0.15, -0.1) is 22.2 Å². The third kappa shape index (κ3) is 2.96. The van der Waals surface area contributed by atoms with Crippen LogP contribution in [0.3, 0.4) is 0 Å². The molecule has 0 aromatic carbocycles. The normalized spacial score (nSPS) is 25.6. The van der Waals surface area contributed by atoms with Crippen LogP contribution < -0.4 is 24.8 Å². The van der Waals surface area contributed by atoms with E-state index in [9.17, 15) is 0 Å². The van der Waals surface area contributed by atoms with Crippen molar-refractivity contribution in [2.45, 2.75) is 18.6 Å². The Kier molecular flexibility index (Phi) is 6.41. The Hall–Kier alpha value is 1.34. The van der Waals surface area contributed by atoms with E-state index in [1.807, 2.05) is 23.5 Å². The van der Waals surface area contributed by atoms with E-state index in [1.165, 1.54) is 35.9 Å². The average Bonchev–Trinajstić information content (AvgIpc) is 2.62. The van der Waals surface area contributed by atoms with Crippen molar-refractivity contribution in [1.82, 2.24) is 0 Å². The molecule has 1 unspecified atom stereocenters. The molecular formula is C13H8BrCl2S2Zr. The van der Waals surface area contributed by atoms with E-state index >= 15 is 0 Å². The van der Waals surface area contributed by atoms with Crippen molar-refractivity contribution in [3.05, 3.63) is 54.1 Å². The second-order valence-electron chi connectivity index (χ2n) is 4.29. The zero-order valence-corrected chi connectivity index (χ0v) is 17.1. The van der Waals surface area contributed by atoms with E-state index < -0.39 is 0 Å². The molecule has 4 rings (SSSR count). The first-order chi connectivity index (χ1) is 7.74. The van der Waals surface area contributed by atoms with Crippen LogP contribution in [0, 0.1) is 6.08 Å². The number of allylic oxidation sites excluding steroid dienone is 5. The monoisotopic (exact) mass is 467 g/mol. The minimum absolute atomic E-state index is 0. The molecule has 6 heteroatoms. The molecule has 0 nitrogen and oxygen atoms in total. The van der Waals surface area contributed by atoms with Crippen LogP contribution in [0.25, 0.3) is 0 Å². The van der Waals surface area contributed by atoms with E-state index in [0.717, 1.165) is 6.42 Å². The van der Waals surface area contributed by atoms with Crippen molar-refractivity contribution in [3.8, 4) is 0 Å². The molecule has 0 amide bonds. The standard InChI is InChI=1S/C13H8BrS2.2ClH.Zr/c1-6-4-8-10(5-6)16-13(14)11(8)7-2-3-9-12(7)15-9;;;/h4-5,10H,2H2,1H3;2*1H;/q-1;;;+3/p-2. The van der Waals surface area contributed by atoms with Gasteiger partial charge in [-0.05, 0) is 34.0 Å². The molecule has 0 bridgehead atoms. The van der Waals surface area contributed by atoms with Crippen molar-refractivity contribution in [2.24, 2.45) is 0 Å². The average molecular weight is 470 g/mol. The van der Waals surface area contributed by atoms with E-state index in [4.69, 9.17) is 0 Å². The predicted molar refractivity (Wildman–Crippen MR) is 75.2 cm³/mol. The first-order valence-corrected chi connectivity index (χ1v) is 7.72. The summed E-state index contributed by atoms with van der Waals surface area (Å²) in [6, 6.07) is 0. The molecule has 0 aromatic rings. The van der Waals surface area contributed by atoms with Gasteiger partial charge in [0, 0.05) is 0 Å². The summed E-state index contributed by atoms with van der Waals surface area (Å²) in [6.45, 7) is 2.19. The number of halogens is 3. The van der Waals surface area contributed by atoms with Gasteiger partial charge in [0.15, 0.2) is 0 Å². The Labute approximate surface area is 161 Å². The van der Waals surface area contributed by atoms with Crippen LogP contribution in [-0.2, 0) is 26.2 Å². The van der Waals surface area contributed by atoms with Crippen molar-refractivity contribution >= 4 is 39.5 Å². The van der Waals surface area contributed by atoms with Gasteiger partial charge >= 0.3 is 26.2 Å². The molecule has 0 spiro atoms. The van der Waals surface area contributed by atoms with Crippen LogP contribution in [0.1, 0.15) is 13.3 Å². The SMILES string of the molecule is CC1=CC2SC(Br)=C(C3=C4SC4=[C-]C3)C2=C1.[Cl-].[Cl-].[Zr+3]. The van der Waals surface area contributed by atoms with Crippen LogP contribution in [0.4, 0.5) is 0 Å². The summed E-state index contributed by atoms with van der Waals surface area (Å²) in [4.78, 5) is 2.87. The van der Waals surface area contributed by atoms with E-state index in [1.54, 1.807) is 0 Å². The van der Waals surface area contributed by atoms with E-state index in [0.29, 0.717) is 5.25 Å². The zero-order chi connectivity index (χ0) is 10.9. The number of fused-ring (bicyclic) bond motifs is 2. The molecule has 2 aliphatic carbocycles. The van der Waals surface area contributed by atoms with Crippen molar-refractivity contribution in [2.75, 3.05) is 0 Å². The van der Waals surface area contributed by atoms with E-state index in [2.05, 4.69) is 41.1 Å². The summed E-state index contributed by atoms with van der Waals surface area (Å²) in [7, 11) is 0. The van der Waals surface area contributed by atoms with Crippen molar-refractivity contribution in [3.63, 3.8) is 0 Å². The van der Waals surface area contributed by atoms with Crippen molar-refractivity contribution < 1.29 is 51.0 Å². The summed E-state index contributed by atoms with van der Waals surface area (Å²) in [6.07, 6.45) is 9.12. The van der Waals surface area contributed by atoms with Gasteiger partial charge in [0.25, 0.3) is 0 Å². The molecule has 2 aliphatic heterocycles. The third-order valence-corrected chi connectivity index (χ3v) is 6.21. The van der Waals surface area contributed by atoms with Gasteiger partial charge < -0.3 is 24.8 Å². The fourth-order valence-electron chi connectivity index (χ4n) is 2.44. The van der Waals surface area contributed by atoms with Crippen LogP contribution in [0.2, 0.25) is 0 Å². The summed E-state index contributed by atoms with van der Waals surface area (Å²) in [5.41, 5.74) is 5.84. The Bertz CT molecular complexity index is 587. The number of thioether (sulfide) groups is 2. The number of rotatable bonds is 1. The summed E-state index contributed by atoms with van der Waals surface area (Å²) < 4.78 is 1.31. The van der Waals surface area contributed by atoms with Gasteiger partial charge in [-0.2, -0.15) is 4.91 Å². The molecular weight excluding hydrogens is 462 g/mol. The Morgan fingerprint density at radius 1 is 1.37 bits per heavy atom. The minimum Gasteiger partial charge on any atom is -1.00 e. The van der Waals surface area contributed by atoms with Crippen LogP contribution in [0.15, 0.2) is 48.1 Å². The van der Waals surface area contributed by atoms with Gasteiger partial charge in [0.05, 0.1) is 9.06 Å². The topological polar surface area (TPSA) is 0 Å². The van der Waals surface area contributed by atoms with Crippen LogP contribution >= 0.6 is 39.5 Å². The second-order valence-corrected chi connectivity index (χ2v) is 7.78. The molecule has 1 fully saturated rings. The summed E-state index contributed by atoms with van der Waals surface area (Å²) in [5, 5.41) is 0.547. The molecule has 0 saturated carbocycles. The molecule has 97 valence electrons. The molecule has 0 aromatic heterocycles. The molecule has 1 radical (unpaired) electrons. The largest absolute Gasteiger partial charge is 3.00 e. The smallest absolute Gasteiger partial charge is 1.00 e. The molecule has 0 N–H and O–H groups in total. The Balaban J connectivity index is 0.000000602. The van der Waals surface area contributed by atoms with Crippen molar-refractivity contribution in [1.29, 1.82) is 0 Å². The summed E-state index contributed by atoms with van der Waals surface area (Å²) in [5.74, 6) is 0. The van der Waals surface area contributed by atoms with Gasteiger partial charge in [0.2, 0.25) is 0 Å². The van der Waals surface area contributed by atoms with Gasteiger partial charge in [-0.1, -0.05) is 24.1 Å². The number of hydrogen-bond donors (Lipinski definition) is 0. The molecule has 2 heterocycles.